The number of nitrogens with one attached hydrogen (secondary N) is 1. The minimum Gasteiger partial charge on any atom is -0.508 e. The Kier molecular flexibility index (Phi) is 4.77. The number of hydrogen-bond donors (Lipinski definition) is 2. The quantitative estimate of drug-likeness (QED) is 0.866. The van der Waals surface area contributed by atoms with E-state index in [9.17, 15) is 9.90 Å². The van der Waals surface area contributed by atoms with Crippen LogP contribution in [0, 0.1) is 0 Å². The van der Waals surface area contributed by atoms with Crippen LogP contribution >= 0.6 is 0 Å². The highest BCUT2D eigenvalue weighted by atomic mass is 16.6. The molecule has 0 aromatic heterocycles. The normalized spacial score (nSPS) is 11.5. The second-order valence-corrected chi connectivity index (χ2v) is 4.88. The van der Waals surface area contributed by atoms with E-state index in [1.165, 1.54) is 0 Å². The summed E-state index contributed by atoms with van der Waals surface area (Å²) in [5, 5.41) is 11.9. The van der Waals surface area contributed by atoms with Crippen molar-refractivity contribution in [3.63, 3.8) is 0 Å². The first-order valence-corrected chi connectivity index (χ1v) is 5.79. The highest BCUT2D eigenvalue weighted by Gasteiger charge is 2.14. The summed E-state index contributed by atoms with van der Waals surface area (Å²) in [6, 6.07) is 6.88. The lowest BCUT2D eigenvalue weighted by atomic mass is 10.2. The topological polar surface area (TPSA) is 58.6 Å². The van der Waals surface area contributed by atoms with E-state index in [1.807, 2.05) is 32.9 Å². The molecule has 0 fully saturated rings. The molecule has 0 aliphatic rings. The minimum absolute atomic E-state index is 0.220. The molecule has 0 saturated carbocycles. The van der Waals surface area contributed by atoms with Crippen molar-refractivity contribution in [2.24, 2.45) is 0 Å². The van der Waals surface area contributed by atoms with Gasteiger partial charge < -0.3 is 15.2 Å². The van der Waals surface area contributed by atoms with Crippen LogP contribution in [0.25, 0.3) is 6.08 Å². The van der Waals surface area contributed by atoms with Crippen LogP contribution in [0.1, 0.15) is 26.3 Å². The smallest absolute Gasteiger partial charge is 0.407 e. The third-order valence-corrected chi connectivity index (χ3v) is 1.94. The van der Waals surface area contributed by atoms with E-state index in [-0.39, 0.29) is 5.75 Å². The van der Waals surface area contributed by atoms with Gasteiger partial charge in [-0.25, -0.2) is 4.79 Å². The van der Waals surface area contributed by atoms with Crippen LogP contribution in [0.3, 0.4) is 0 Å². The molecule has 0 radical (unpaired) electrons. The Morgan fingerprint density at radius 2 is 2.17 bits per heavy atom. The average Bonchev–Trinajstić information content (AvgIpc) is 2.22. The number of aromatic hydroxyl groups is 1. The van der Waals surface area contributed by atoms with E-state index in [4.69, 9.17) is 4.74 Å². The summed E-state index contributed by atoms with van der Waals surface area (Å²) in [5.41, 5.74) is 0.389. The Labute approximate surface area is 107 Å². The monoisotopic (exact) mass is 249 g/mol. The third kappa shape index (κ3) is 5.94. The molecule has 1 amide bonds. The van der Waals surface area contributed by atoms with Gasteiger partial charge >= 0.3 is 6.09 Å². The predicted octanol–water partition coefficient (Wildman–Crippen LogP) is 2.93. The van der Waals surface area contributed by atoms with Crippen molar-refractivity contribution in [2.75, 3.05) is 6.54 Å². The van der Waals surface area contributed by atoms with Crippen molar-refractivity contribution in [3.8, 4) is 5.75 Å². The van der Waals surface area contributed by atoms with Crippen molar-refractivity contribution in [1.29, 1.82) is 0 Å². The van der Waals surface area contributed by atoms with E-state index >= 15 is 0 Å². The Bertz CT molecular complexity index is 433. The van der Waals surface area contributed by atoms with E-state index in [0.29, 0.717) is 6.54 Å². The maximum atomic E-state index is 11.3. The number of alkyl carbamates (subject to hydrolysis) is 1. The lowest BCUT2D eigenvalue weighted by Crippen LogP contribution is -2.32. The predicted molar refractivity (Wildman–Crippen MR) is 71.4 cm³/mol. The molecule has 0 aliphatic carbocycles. The molecule has 18 heavy (non-hydrogen) atoms. The minimum atomic E-state index is -0.487. The Morgan fingerprint density at radius 1 is 1.44 bits per heavy atom. The molecule has 4 nitrogen and oxygen atoms in total. The number of carbonyl (C=O) groups is 1. The zero-order valence-corrected chi connectivity index (χ0v) is 10.9. The van der Waals surface area contributed by atoms with Gasteiger partial charge in [-0.1, -0.05) is 24.3 Å². The largest absolute Gasteiger partial charge is 0.508 e. The SMILES string of the molecule is CC(C)(C)OC(=O)NCC=Cc1cccc(O)c1. The van der Waals surface area contributed by atoms with Gasteiger partial charge in [0.2, 0.25) is 0 Å². The molecular weight excluding hydrogens is 230 g/mol. The summed E-state index contributed by atoms with van der Waals surface area (Å²) in [5.74, 6) is 0.220. The van der Waals surface area contributed by atoms with Gasteiger partial charge in [0.25, 0.3) is 0 Å². The fourth-order valence-electron chi connectivity index (χ4n) is 1.28. The number of phenolic OH excluding ortho intramolecular Hbond substituents is 1. The van der Waals surface area contributed by atoms with Crippen LogP contribution < -0.4 is 5.32 Å². The molecule has 2 N–H and O–H groups in total. The first kappa shape index (κ1) is 14.1. The summed E-state index contributed by atoms with van der Waals surface area (Å²) < 4.78 is 5.09. The fourth-order valence-corrected chi connectivity index (χ4v) is 1.28. The number of phenols is 1. The van der Waals surface area contributed by atoms with Crippen molar-refractivity contribution >= 4 is 12.2 Å². The van der Waals surface area contributed by atoms with Crippen LogP contribution in [-0.4, -0.2) is 23.3 Å². The van der Waals surface area contributed by atoms with Crippen molar-refractivity contribution in [1.82, 2.24) is 5.32 Å². The average molecular weight is 249 g/mol. The molecule has 0 spiro atoms. The first-order valence-electron chi connectivity index (χ1n) is 5.79. The molecule has 1 rings (SSSR count). The van der Waals surface area contributed by atoms with Crippen LogP contribution in [-0.2, 0) is 4.74 Å². The van der Waals surface area contributed by atoms with E-state index in [1.54, 1.807) is 24.3 Å². The highest BCUT2D eigenvalue weighted by molar-refractivity contribution is 5.68. The van der Waals surface area contributed by atoms with Crippen LogP contribution in [0.5, 0.6) is 5.75 Å². The standard InChI is InChI=1S/C14H19NO3/c1-14(2,3)18-13(17)15-9-5-7-11-6-4-8-12(16)10-11/h4-8,10,16H,9H2,1-3H3,(H,15,17). The first-order chi connectivity index (χ1) is 8.37. The van der Waals surface area contributed by atoms with E-state index < -0.39 is 11.7 Å². The van der Waals surface area contributed by atoms with Crippen LogP contribution in [0.4, 0.5) is 4.79 Å². The zero-order valence-electron chi connectivity index (χ0n) is 10.9. The van der Waals surface area contributed by atoms with Gasteiger partial charge in [0.1, 0.15) is 11.4 Å². The molecule has 0 bridgehead atoms. The van der Waals surface area contributed by atoms with Crippen molar-refractivity contribution in [3.05, 3.63) is 35.9 Å². The summed E-state index contributed by atoms with van der Waals surface area (Å²) in [6.45, 7) is 5.82. The summed E-state index contributed by atoms with van der Waals surface area (Å²) in [7, 11) is 0. The van der Waals surface area contributed by atoms with E-state index in [0.717, 1.165) is 5.56 Å². The number of benzene rings is 1. The molecule has 1 aromatic carbocycles. The molecular formula is C14H19NO3. The number of carbonyl (C=O) groups excluding carboxylic acids is 1. The van der Waals surface area contributed by atoms with Gasteiger partial charge in [-0.05, 0) is 38.5 Å². The maximum absolute atomic E-state index is 11.3. The van der Waals surface area contributed by atoms with Gasteiger partial charge in [-0.2, -0.15) is 0 Å². The number of amides is 1. The maximum Gasteiger partial charge on any atom is 0.407 e. The van der Waals surface area contributed by atoms with Gasteiger partial charge in [-0.15, -0.1) is 0 Å². The van der Waals surface area contributed by atoms with Crippen LogP contribution in [0.15, 0.2) is 30.3 Å². The Balaban J connectivity index is 2.36. The zero-order chi connectivity index (χ0) is 13.6. The number of ether oxygens (including phenoxy) is 1. The molecule has 0 atom stereocenters. The number of rotatable bonds is 3. The summed E-state index contributed by atoms with van der Waals surface area (Å²) in [4.78, 5) is 11.3. The van der Waals surface area contributed by atoms with Crippen molar-refractivity contribution in [2.45, 2.75) is 26.4 Å². The Morgan fingerprint density at radius 3 is 2.78 bits per heavy atom. The molecule has 4 heteroatoms. The summed E-state index contributed by atoms with van der Waals surface area (Å²) in [6.07, 6.45) is 3.17. The molecule has 98 valence electrons. The molecule has 1 aromatic rings. The molecule has 0 saturated heterocycles. The van der Waals surface area contributed by atoms with Gasteiger partial charge in [0, 0.05) is 6.54 Å². The highest BCUT2D eigenvalue weighted by Crippen LogP contribution is 2.11. The van der Waals surface area contributed by atoms with Crippen LogP contribution in [0.2, 0.25) is 0 Å². The molecule has 0 unspecified atom stereocenters. The van der Waals surface area contributed by atoms with E-state index in [2.05, 4.69) is 5.32 Å². The van der Waals surface area contributed by atoms with Gasteiger partial charge in [0.05, 0.1) is 0 Å². The van der Waals surface area contributed by atoms with Crippen molar-refractivity contribution < 1.29 is 14.6 Å². The van der Waals surface area contributed by atoms with Gasteiger partial charge in [-0.3, -0.25) is 0 Å². The summed E-state index contributed by atoms with van der Waals surface area (Å²) >= 11 is 0. The Hall–Kier alpha value is -1.97. The third-order valence-electron chi connectivity index (χ3n) is 1.94. The lowest BCUT2D eigenvalue weighted by molar-refractivity contribution is 0.0534. The second kappa shape index (κ2) is 6.10. The fraction of sp³-hybridized carbons (Fsp3) is 0.357. The molecule has 0 heterocycles. The number of hydrogen-bond acceptors (Lipinski definition) is 3. The second-order valence-electron chi connectivity index (χ2n) is 4.88. The van der Waals surface area contributed by atoms with Gasteiger partial charge in [0.15, 0.2) is 0 Å². The lowest BCUT2D eigenvalue weighted by Gasteiger charge is -2.19. The molecule has 0 aliphatic heterocycles.